The number of likely N-dealkylation sites (tertiary alicyclic amines) is 2. The lowest BCUT2D eigenvalue weighted by atomic mass is 9.71. The van der Waals surface area contributed by atoms with Gasteiger partial charge in [-0.2, -0.15) is 0 Å². The van der Waals surface area contributed by atoms with Crippen LogP contribution in [0.25, 0.3) is 10.9 Å². The average Bonchev–Trinajstić information content (AvgIpc) is 2.96. The molecular formula is C32H33ClN4O2. The molecule has 0 atom stereocenters. The fourth-order valence-electron chi connectivity index (χ4n) is 5.82. The first-order chi connectivity index (χ1) is 19.0. The zero-order valence-electron chi connectivity index (χ0n) is 22.0. The summed E-state index contributed by atoms with van der Waals surface area (Å²) in [6.45, 7) is 4.69. The lowest BCUT2D eigenvalue weighted by Crippen LogP contribution is -2.49. The molecule has 7 heteroatoms. The number of pyridine rings is 1. The maximum Gasteiger partial charge on any atom is 0.321 e. The molecule has 2 saturated heterocycles. The van der Waals surface area contributed by atoms with E-state index in [1.807, 2.05) is 65.6 Å². The third kappa shape index (κ3) is 6.18. The van der Waals surface area contributed by atoms with E-state index in [1.54, 1.807) is 6.20 Å². The molecule has 200 valence electrons. The van der Waals surface area contributed by atoms with Crippen molar-refractivity contribution in [3.05, 3.63) is 95.6 Å². The number of piperidine rings is 2. The number of fused-ring (bicyclic) bond motifs is 1. The quantitative estimate of drug-likeness (QED) is 0.283. The highest BCUT2D eigenvalue weighted by molar-refractivity contribution is 6.30. The molecule has 1 aromatic heterocycles. The fraction of sp³-hybridized carbons (Fsp3) is 0.312. The van der Waals surface area contributed by atoms with E-state index < -0.39 is 0 Å². The van der Waals surface area contributed by atoms with Gasteiger partial charge >= 0.3 is 6.03 Å². The topological polar surface area (TPSA) is 57.7 Å². The van der Waals surface area contributed by atoms with Crippen molar-refractivity contribution >= 4 is 34.2 Å². The normalized spacial score (nSPS) is 17.3. The van der Waals surface area contributed by atoms with E-state index in [0.717, 1.165) is 73.7 Å². The number of nitrogens with zero attached hydrogens (tertiary/aromatic N) is 3. The predicted octanol–water partition coefficient (Wildman–Crippen LogP) is 7.59. The molecule has 39 heavy (non-hydrogen) atoms. The van der Waals surface area contributed by atoms with Gasteiger partial charge in [0.1, 0.15) is 11.5 Å². The Kier molecular flexibility index (Phi) is 7.40. The molecule has 3 aromatic carbocycles. The molecule has 0 radical (unpaired) electrons. The zero-order valence-corrected chi connectivity index (χ0v) is 22.7. The van der Waals surface area contributed by atoms with E-state index >= 15 is 0 Å². The smallest absolute Gasteiger partial charge is 0.321 e. The van der Waals surface area contributed by atoms with Crippen LogP contribution in [0.1, 0.15) is 31.2 Å². The predicted molar refractivity (Wildman–Crippen MR) is 156 cm³/mol. The fourth-order valence-corrected chi connectivity index (χ4v) is 5.94. The summed E-state index contributed by atoms with van der Waals surface area (Å²) in [7, 11) is 0. The molecule has 1 N–H and O–H groups in total. The Labute approximate surface area is 234 Å². The highest BCUT2D eigenvalue weighted by Crippen LogP contribution is 2.41. The number of benzene rings is 3. The summed E-state index contributed by atoms with van der Waals surface area (Å²) < 4.78 is 6.02. The summed E-state index contributed by atoms with van der Waals surface area (Å²) in [4.78, 5) is 21.9. The van der Waals surface area contributed by atoms with E-state index in [9.17, 15) is 4.79 Å². The molecule has 2 aliphatic rings. The largest absolute Gasteiger partial charge is 0.457 e. The van der Waals surface area contributed by atoms with Gasteiger partial charge in [0.2, 0.25) is 0 Å². The molecule has 0 aliphatic carbocycles. The van der Waals surface area contributed by atoms with E-state index in [4.69, 9.17) is 16.3 Å². The van der Waals surface area contributed by atoms with E-state index in [-0.39, 0.29) is 6.03 Å². The van der Waals surface area contributed by atoms with Crippen molar-refractivity contribution in [3.63, 3.8) is 0 Å². The van der Waals surface area contributed by atoms with Crippen LogP contribution in [0.2, 0.25) is 5.02 Å². The second-order valence-electron chi connectivity index (χ2n) is 10.8. The van der Waals surface area contributed by atoms with Crippen LogP contribution >= 0.6 is 11.6 Å². The van der Waals surface area contributed by atoms with Crippen molar-refractivity contribution in [3.8, 4) is 11.5 Å². The van der Waals surface area contributed by atoms with Gasteiger partial charge in [0, 0.05) is 30.0 Å². The van der Waals surface area contributed by atoms with Gasteiger partial charge in [-0.25, -0.2) is 4.79 Å². The molecule has 3 heterocycles. The van der Waals surface area contributed by atoms with Crippen molar-refractivity contribution in [1.29, 1.82) is 0 Å². The van der Waals surface area contributed by atoms with Crippen LogP contribution in [-0.4, -0.2) is 47.0 Å². The summed E-state index contributed by atoms with van der Waals surface area (Å²) >= 11 is 5.99. The Balaban J connectivity index is 0.983. The summed E-state index contributed by atoms with van der Waals surface area (Å²) in [5.74, 6) is 1.62. The van der Waals surface area contributed by atoms with Crippen LogP contribution in [0.3, 0.4) is 0 Å². The van der Waals surface area contributed by atoms with Crippen molar-refractivity contribution in [2.45, 2.75) is 32.2 Å². The minimum Gasteiger partial charge on any atom is -0.457 e. The van der Waals surface area contributed by atoms with Gasteiger partial charge in [-0.15, -0.1) is 0 Å². The first-order valence-corrected chi connectivity index (χ1v) is 14.1. The Hall–Kier alpha value is -3.61. The maximum absolute atomic E-state index is 13.0. The van der Waals surface area contributed by atoms with Crippen LogP contribution in [0.15, 0.2) is 85.1 Å². The summed E-state index contributed by atoms with van der Waals surface area (Å²) in [5, 5.41) is 4.78. The van der Waals surface area contributed by atoms with Gasteiger partial charge in [0.15, 0.2) is 0 Å². The van der Waals surface area contributed by atoms with Gasteiger partial charge in [-0.05, 0) is 98.3 Å². The van der Waals surface area contributed by atoms with Crippen molar-refractivity contribution in [2.75, 3.05) is 31.5 Å². The average molecular weight is 541 g/mol. The Morgan fingerprint density at radius 1 is 0.872 bits per heavy atom. The summed E-state index contributed by atoms with van der Waals surface area (Å²) in [6, 6.07) is 25.7. The molecule has 2 amide bonds. The molecule has 0 unspecified atom stereocenters. The molecule has 1 spiro atoms. The maximum atomic E-state index is 13.0. The van der Waals surface area contributed by atoms with Gasteiger partial charge < -0.3 is 15.0 Å². The molecule has 6 rings (SSSR count). The molecule has 0 bridgehead atoms. The number of para-hydroxylation sites is 1. The standard InChI is InChI=1S/C32H33ClN4O2/c33-26-8-10-28(11-9-26)39-29-6-3-4-24(20-29)23-36-16-12-32(13-17-36)14-18-37(19-15-32)31(38)35-27-21-25-5-1-2-7-30(25)34-22-27/h1-11,20-22H,12-19,23H2,(H,35,38). The third-order valence-corrected chi connectivity index (χ3v) is 8.48. The number of carbonyl (C=O) groups excluding carboxylic acids is 1. The van der Waals surface area contributed by atoms with Crippen LogP contribution in [0, 0.1) is 5.41 Å². The minimum absolute atomic E-state index is 0.0277. The second-order valence-corrected chi connectivity index (χ2v) is 11.2. The molecule has 6 nitrogen and oxygen atoms in total. The number of hydrogen-bond acceptors (Lipinski definition) is 4. The number of rotatable bonds is 5. The number of ether oxygens (including phenoxy) is 1. The number of anilines is 1. The van der Waals surface area contributed by atoms with Gasteiger partial charge in [0.25, 0.3) is 0 Å². The molecule has 0 saturated carbocycles. The number of nitrogens with one attached hydrogen (secondary N) is 1. The number of aromatic nitrogens is 1. The van der Waals surface area contributed by atoms with Crippen LogP contribution in [0.5, 0.6) is 11.5 Å². The highest BCUT2D eigenvalue weighted by Gasteiger charge is 2.38. The first kappa shape index (κ1) is 25.7. The SMILES string of the molecule is O=C(Nc1cnc2ccccc2c1)N1CCC2(CCN(Cc3cccc(Oc4ccc(Cl)cc4)c3)CC2)CC1. The van der Waals surface area contributed by atoms with Gasteiger partial charge in [-0.3, -0.25) is 9.88 Å². The summed E-state index contributed by atoms with van der Waals surface area (Å²) in [6.07, 6.45) is 6.22. The molecular weight excluding hydrogens is 508 g/mol. The van der Waals surface area contributed by atoms with Crippen LogP contribution in [-0.2, 0) is 6.54 Å². The van der Waals surface area contributed by atoms with E-state index in [1.165, 1.54) is 18.4 Å². The Morgan fingerprint density at radius 2 is 1.62 bits per heavy atom. The third-order valence-electron chi connectivity index (χ3n) is 8.22. The van der Waals surface area contributed by atoms with E-state index in [2.05, 4.69) is 33.4 Å². The monoisotopic (exact) mass is 540 g/mol. The van der Waals surface area contributed by atoms with Crippen LogP contribution in [0.4, 0.5) is 10.5 Å². The zero-order chi connectivity index (χ0) is 26.7. The first-order valence-electron chi connectivity index (χ1n) is 13.7. The molecule has 4 aromatic rings. The van der Waals surface area contributed by atoms with Gasteiger partial charge in [-0.1, -0.05) is 41.9 Å². The minimum atomic E-state index is -0.0277. The number of halogens is 1. The molecule has 2 fully saturated rings. The van der Waals surface area contributed by atoms with Crippen molar-refractivity contribution in [1.82, 2.24) is 14.8 Å². The Bertz CT molecular complexity index is 1440. The summed E-state index contributed by atoms with van der Waals surface area (Å²) in [5.41, 5.74) is 3.28. The lowest BCUT2D eigenvalue weighted by Gasteiger charge is -2.46. The molecule has 2 aliphatic heterocycles. The van der Waals surface area contributed by atoms with Gasteiger partial charge in [0.05, 0.1) is 17.4 Å². The number of carbonyl (C=O) groups is 1. The number of amides is 2. The second kappa shape index (κ2) is 11.2. The van der Waals surface area contributed by atoms with Crippen LogP contribution < -0.4 is 10.1 Å². The lowest BCUT2D eigenvalue weighted by molar-refractivity contribution is 0.0442. The Morgan fingerprint density at radius 3 is 2.41 bits per heavy atom. The highest BCUT2D eigenvalue weighted by atomic mass is 35.5. The number of hydrogen-bond donors (Lipinski definition) is 1. The van der Waals surface area contributed by atoms with Crippen molar-refractivity contribution in [2.24, 2.45) is 5.41 Å². The van der Waals surface area contributed by atoms with Crippen molar-refractivity contribution < 1.29 is 9.53 Å². The van der Waals surface area contributed by atoms with E-state index in [0.29, 0.717) is 10.4 Å². The number of urea groups is 1.